The van der Waals surface area contributed by atoms with Gasteiger partial charge in [-0.1, -0.05) is 6.07 Å². The van der Waals surface area contributed by atoms with Gasteiger partial charge in [0.15, 0.2) is 11.5 Å². The molecule has 4 rings (SSSR count). The van der Waals surface area contributed by atoms with Crippen molar-refractivity contribution in [1.82, 2.24) is 4.31 Å². The number of alkyl halides is 2. The van der Waals surface area contributed by atoms with E-state index in [1.165, 1.54) is 13.2 Å². The summed E-state index contributed by atoms with van der Waals surface area (Å²) in [7, 11) is -2.97. The predicted molar refractivity (Wildman–Crippen MR) is 115 cm³/mol. The molecule has 2 aliphatic rings. The highest BCUT2D eigenvalue weighted by molar-refractivity contribution is 7.89. The van der Waals surface area contributed by atoms with E-state index in [4.69, 9.17) is 9.47 Å². The number of carbonyl (C=O) groups excluding carboxylic acids is 1. The van der Waals surface area contributed by atoms with Gasteiger partial charge in [0.1, 0.15) is 11.9 Å². The fourth-order valence-electron chi connectivity index (χ4n) is 3.98. The summed E-state index contributed by atoms with van der Waals surface area (Å²) in [6.07, 6.45) is 2.12. The summed E-state index contributed by atoms with van der Waals surface area (Å²) in [5.41, 5.74) is 0.609. The molecule has 2 aromatic carbocycles. The van der Waals surface area contributed by atoms with Crippen LogP contribution in [0.1, 0.15) is 30.7 Å². The van der Waals surface area contributed by atoms with E-state index in [0.717, 1.165) is 41.4 Å². The lowest BCUT2D eigenvalue weighted by Crippen LogP contribution is -2.41. The zero-order valence-corrected chi connectivity index (χ0v) is 19.1. The molecule has 0 bridgehead atoms. The quantitative estimate of drug-likeness (QED) is 0.487. The highest BCUT2D eigenvalue weighted by Crippen LogP contribution is 2.40. The lowest BCUT2D eigenvalue weighted by molar-refractivity contribution is -0.144. The fraction of sp³-hybridized carbons (Fsp3) is 0.435. The number of methoxy groups -OCH3 is 1. The van der Waals surface area contributed by atoms with Crippen molar-refractivity contribution in [3.8, 4) is 11.5 Å². The number of hydrogen-bond donors (Lipinski definition) is 0. The molecule has 0 spiro atoms. The van der Waals surface area contributed by atoms with Gasteiger partial charge in [-0.2, -0.15) is 13.1 Å². The average Bonchev–Trinajstić information content (AvgIpc) is 3.52. The molecule has 0 amide bonds. The van der Waals surface area contributed by atoms with Crippen LogP contribution in [0.2, 0.25) is 0 Å². The van der Waals surface area contributed by atoms with E-state index in [9.17, 15) is 26.4 Å². The van der Waals surface area contributed by atoms with Crippen LogP contribution in [0.3, 0.4) is 0 Å². The molecule has 1 unspecified atom stereocenters. The maximum absolute atomic E-state index is 13.3. The minimum atomic E-state index is -4.14. The fourth-order valence-corrected chi connectivity index (χ4v) is 5.62. The normalized spacial score (nSPS) is 21.0. The molecule has 11 heteroatoms. The van der Waals surface area contributed by atoms with Gasteiger partial charge >= 0.3 is 12.6 Å². The minimum absolute atomic E-state index is 0.0589. The van der Waals surface area contributed by atoms with E-state index >= 15 is 0 Å². The average molecular weight is 500 g/mol. The van der Waals surface area contributed by atoms with Crippen LogP contribution in [-0.2, 0) is 19.6 Å². The summed E-state index contributed by atoms with van der Waals surface area (Å²) in [5, 5.41) is 0. The van der Waals surface area contributed by atoms with Gasteiger partial charge in [-0.25, -0.2) is 12.8 Å². The van der Waals surface area contributed by atoms with Crippen molar-refractivity contribution in [3.05, 3.63) is 53.8 Å². The van der Waals surface area contributed by atoms with E-state index in [1.807, 2.05) is 0 Å². The lowest BCUT2D eigenvalue weighted by atomic mass is 9.96. The first-order valence-corrected chi connectivity index (χ1v) is 12.2. The summed E-state index contributed by atoms with van der Waals surface area (Å²) in [6.45, 7) is -2.72. The molecule has 0 N–H and O–H groups in total. The van der Waals surface area contributed by atoms with E-state index in [-0.39, 0.29) is 29.4 Å². The monoisotopic (exact) mass is 499 g/mol. The van der Waals surface area contributed by atoms with Crippen molar-refractivity contribution >= 4 is 16.0 Å². The first-order valence-electron chi connectivity index (χ1n) is 10.8. The molecule has 1 saturated heterocycles. The van der Waals surface area contributed by atoms with E-state index in [0.29, 0.717) is 18.1 Å². The van der Waals surface area contributed by atoms with Crippen molar-refractivity contribution in [3.63, 3.8) is 0 Å². The number of esters is 1. The first kappa shape index (κ1) is 24.3. The van der Waals surface area contributed by atoms with Crippen LogP contribution < -0.4 is 9.47 Å². The van der Waals surface area contributed by atoms with Gasteiger partial charge in [-0.3, -0.25) is 4.79 Å². The molecule has 0 aromatic heterocycles. The van der Waals surface area contributed by atoms with Crippen LogP contribution in [-0.4, -0.2) is 51.6 Å². The largest absolute Gasteiger partial charge is 0.489 e. The summed E-state index contributed by atoms with van der Waals surface area (Å²) in [4.78, 5) is 12.3. The summed E-state index contributed by atoms with van der Waals surface area (Å²) in [5.74, 6) is -1.36. The third-order valence-corrected chi connectivity index (χ3v) is 7.86. The molecule has 1 aliphatic heterocycles. The van der Waals surface area contributed by atoms with Gasteiger partial charge in [0.25, 0.3) is 0 Å². The Morgan fingerprint density at radius 2 is 1.82 bits per heavy atom. The Morgan fingerprint density at radius 3 is 2.44 bits per heavy atom. The maximum atomic E-state index is 13.3. The first-order chi connectivity index (χ1) is 16.2. The molecule has 2 aromatic rings. The Balaban J connectivity index is 1.63. The maximum Gasteiger partial charge on any atom is 0.387 e. The van der Waals surface area contributed by atoms with Crippen LogP contribution in [0.5, 0.6) is 11.5 Å². The van der Waals surface area contributed by atoms with Crippen LogP contribution >= 0.6 is 0 Å². The number of halogens is 3. The predicted octanol–water partition coefficient (Wildman–Crippen LogP) is 3.94. The third-order valence-electron chi connectivity index (χ3n) is 5.98. The van der Waals surface area contributed by atoms with Gasteiger partial charge in [-0.05, 0) is 73.1 Å². The van der Waals surface area contributed by atoms with Crippen LogP contribution in [0.4, 0.5) is 13.2 Å². The lowest BCUT2D eigenvalue weighted by Gasteiger charge is -2.22. The standard InChI is InChI=1S/C23H24F3NO6S/c1-31-22(28)19-10-16(12-27(19)34(29,30)18-7-5-17(24)6-8-18)15-4-9-20(33-23(25)26)21(11-15)32-13-14-2-3-14/h4-9,11,14,16,19,23H,2-3,10,12-13H2,1H3/t16?,19-/m0/s1. The molecule has 2 fully saturated rings. The van der Waals surface area contributed by atoms with Gasteiger partial charge in [0, 0.05) is 6.54 Å². The Kier molecular flexibility index (Phi) is 7.04. The summed E-state index contributed by atoms with van der Waals surface area (Å²) < 4.78 is 81.6. The van der Waals surface area contributed by atoms with Crippen molar-refractivity contribution in [2.45, 2.75) is 42.7 Å². The number of hydrogen-bond acceptors (Lipinski definition) is 6. The van der Waals surface area contributed by atoms with Gasteiger partial charge in [0.2, 0.25) is 10.0 Å². The second-order valence-corrected chi connectivity index (χ2v) is 10.2. The van der Waals surface area contributed by atoms with E-state index in [2.05, 4.69) is 4.74 Å². The molecular formula is C23H24F3NO6S. The smallest absolute Gasteiger partial charge is 0.387 e. The summed E-state index contributed by atoms with van der Waals surface area (Å²) >= 11 is 0. The van der Waals surface area contributed by atoms with Crippen molar-refractivity contribution in [2.24, 2.45) is 5.92 Å². The molecule has 7 nitrogen and oxygen atoms in total. The van der Waals surface area contributed by atoms with Crippen molar-refractivity contribution in [1.29, 1.82) is 0 Å². The van der Waals surface area contributed by atoms with Gasteiger partial charge in [-0.15, -0.1) is 0 Å². The molecule has 34 heavy (non-hydrogen) atoms. The molecule has 184 valence electrons. The number of carbonyl (C=O) groups is 1. The molecule has 2 atom stereocenters. The highest BCUT2D eigenvalue weighted by atomic mass is 32.2. The topological polar surface area (TPSA) is 82.1 Å². The summed E-state index contributed by atoms with van der Waals surface area (Å²) in [6, 6.07) is 7.67. The molecule has 0 radical (unpaired) electrons. The second kappa shape index (κ2) is 9.83. The number of sulfonamides is 1. The highest BCUT2D eigenvalue weighted by Gasteiger charge is 2.45. The Morgan fingerprint density at radius 1 is 1.12 bits per heavy atom. The van der Waals surface area contributed by atoms with Crippen LogP contribution in [0.15, 0.2) is 47.4 Å². The van der Waals surface area contributed by atoms with Crippen molar-refractivity contribution < 1.29 is 40.6 Å². The third kappa shape index (κ3) is 5.30. The van der Waals surface area contributed by atoms with Crippen LogP contribution in [0, 0.1) is 11.7 Å². The van der Waals surface area contributed by atoms with Crippen LogP contribution in [0.25, 0.3) is 0 Å². The Bertz CT molecular complexity index is 1140. The Labute approximate surface area is 195 Å². The second-order valence-electron chi connectivity index (χ2n) is 8.34. The number of ether oxygens (including phenoxy) is 3. The Hall–Kier alpha value is -2.79. The zero-order chi connectivity index (χ0) is 24.5. The molecule has 1 saturated carbocycles. The molecule has 1 heterocycles. The van der Waals surface area contributed by atoms with E-state index in [1.54, 1.807) is 12.1 Å². The SMILES string of the molecule is COC(=O)[C@@H]1CC(c2ccc(OC(F)F)c(OCC3CC3)c2)CN1S(=O)(=O)c1ccc(F)cc1. The van der Waals surface area contributed by atoms with Gasteiger partial charge < -0.3 is 14.2 Å². The number of nitrogens with zero attached hydrogens (tertiary/aromatic N) is 1. The minimum Gasteiger partial charge on any atom is -0.489 e. The number of benzene rings is 2. The zero-order valence-electron chi connectivity index (χ0n) is 18.3. The number of rotatable bonds is 9. The molecular weight excluding hydrogens is 475 g/mol. The van der Waals surface area contributed by atoms with Gasteiger partial charge in [0.05, 0.1) is 18.6 Å². The van der Waals surface area contributed by atoms with Crippen molar-refractivity contribution in [2.75, 3.05) is 20.3 Å². The van der Waals surface area contributed by atoms with E-state index < -0.39 is 40.4 Å². The molecule has 1 aliphatic carbocycles.